The Labute approximate surface area is 170 Å². The van der Waals surface area contributed by atoms with Gasteiger partial charge in [0.15, 0.2) is 17.5 Å². The molecule has 28 heavy (non-hydrogen) atoms. The van der Waals surface area contributed by atoms with Crippen molar-refractivity contribution in [2.75, 3.05) is 67.6 Å². The summed E-state index contributed by atoms with van der Waals surface area (Å²) in [6.45, 7) is 7.72. The number of likely N-dealkylation sites (N-methyl/N-ethyl adjacent to an activating group) is 2. The second-order valence-electron chi connectivity index (χ2n) is 7.30. The van der Waals surface area contributed by atoms with E-state index < -0.39 is 0 Å². The number of ether oxygens (including phenoxy) is 2. The molecule has 1 atom stereocenters. The number of nitrogens with zero attached hydrogens (tertiary/aromatic N) is 3. The van der Waals surface area contributed by atoms with Crippen LogP contribution >= 0.6 is 0 Å². The summed E-state index contributed by atoms with van der Waals surface area (Å²) in [7, 11) is 7.87. The molecule has 1 unspecified atom stereocenters. The molecule has 0 aromatic heterocycles. The number of guanidine groups is 1. The topological polar surface area (TPSA) is 61.4 Å². The predicted octanol–water partition coefficient (Wildman–Crippen LogP) is 1.44. The third-order valence-corrected chi connectivity index (χ3v) is 5.17. The van der Waals surface area contributed by atoms with Crippen molar-refractivity contribution in [1.29, 1.82) is 0 Å². The summed E-state index contributed by atoms with van der Waals surface area (Å²) in [5.41, 5.74) is 1.25. The van der Waals surface area contributed by atoms with Gasteiger partial charge in [0.05, 0.1) is 13.7 Å². The van der Waals surface area contributed by atoms with E-state index in [1.54, 1.807) is 7.11 Å². The maximum absolute atomic E-state index is 5.66. The smallest absolute Gasteiger partial charge is 0.191 e. The molecule has 2 N–H and O–H groups in total. The predicted molar refractivity (Wildman–Crippen MR) is 116 cm³/mol. The van der Waals surface area contributed by atoms with Crippen LogP contribution in [0.25, 0.3) is 0 Å². The summed E-state index contributed by atoms with van der Waals surface area (Å²) < 4.78 is 11.0. The summed E-state index contributed by atoms with van der Waals surface area (Å²) in [6, 6.07) is 6.66. The molecule has 0 spiro atoms. The molecule has 7 heteroatoms. The summed E-state index contributed by atoms with van der Waals surface area (Å²) in [5, 5.41) is 6.88. The van der Waals surface area contributed by atoms with Crippen molar-refractivity contribution in [2.24, 2.45) is 4.99 Å². The zero-order valence-corrected chi connectivity index (χ0v) is 18.1. The quantitative estimate of drug-likeness (QED) is 0.377. The highest BCUT2D eigenvalue weighted by atomic mass is 16.5. The van der Waals surface area contributed by atoms with Gasteiger partial charge in [-0.05, 0) is 51.6 Å². The lowest BCUT2D eigenvalue weighted by Crippen LogP contribution is -2.55. The Balaban J connectivity index is 1.73. The average molecular weight is 392 g/mol. The van der Waals surface area contributed by atoms with Crippen LogP contribution in [0.2, 0.25) is 0 Å². The first-order valence-corrected chi connectivity index (χ1v) is 10.2. The van der Waals surface area contributed by atoms with E-state index in [0.29, 0.717) is 12.6 Å². The van der Waals surface area contributed by atoms with Gasteiger partial charge in [-0.25, -0.2) is 0 Å². The minimum Gasteiger partial charge on any atom is -0.493 e. The molecule has 1 saturated heterocycles. The van der Waals surface area contributed by atoms with E-state index in [0.717, 1.165) is 63.0 Å². The number of hydrogen-bond donors (Lipinski definition) is 2. The van der Waals surface area contributed by atoms with E-state index in [-0.39, 0.29) is 0 Å². The zero-order chi connectivity index (χ0) is 20.4. The zero-order valence-electron chi connectivity index (χ0n) is 18.1. The average Bonchev–Trinajstić information content (AvgIpc) is 2.70. The first kappa shape index (κ1) is 22.3. The number of nitrogens with one attached hydrogen (secondary N) is 2. The van der Waals surface area contributed by atoms with Gasteiger partial charge in [-0.1, -0.05) is 6.07 Å². The number of aliphatic imine (C=N–C) groups is 1. The van der Waals surface area contributed by atoms with Crippen LogP contribution < -0.4 is 20.1 Å². The van der Waals surface area contributed by atoms with Crippen LogP contribution in [-0.4, -0.2) is 89.4 Å². The normalized spacial score (nSPS) is 18.8. The lowest BCUT2D eigenvalue weighted by atomic mass is 10.1. The molecule has 0 saturated carbocycles. The molecule has 2 rings (SSSR count). The van der Waals surface area contributed by atoms with E-state index in [2.05, 4.69) is 51.7 Å². The SMILES string of the molecule is CCOc1cc(CCCNC(=NC)NCC2CN(C)CCN2C)ccc1OC. The second-order valence-corrected chi connectivity index (χ2v) is 7.30. The number of aryl methyl sites for hydroxylation is 1. The third-order valence-electron chi connectivity index (χ3n) is 5.17. The summed E-state index contributed by atoms with van der Waals surface area (Å²) >= 11 is 0. The fraction of sp³-hybridized carbons (Fsp3) is 0.667. The van der Waals surface area contributed by atoms with Crippen molar-refractivity contribution in [3.8, 4) is 11.5 Å². The van der Waals surface area contributed by atoms with Crippen LogP contribution in [0.4, 0.5) is 0 Å². The van der Waals surface area contributed by atoms with Crippen molar-refractivity contribution in [3.05, 3.63) is 23.8 Å². The van der Waals surface area contributed by atoms with Crippen LogP contribution in [0.3, 0.4) is 0 Å². The third kappa shape index (κ3) is 6.87. The standard InChI is InChI=1S/C21H37N5O2/c1-6-28-20-14-17(9-10-19(20)27-5)8-7-11-23-21(22-2)24-15-18-16-25(3)12-13-26(18)4/h9-10,14,18H,6-8,11-13,15-16H2,1-5H3,(H2,22,23,24). The molecule has 1 aliphatic heterocycles. The lowest BCUT2D eigenvalue weighted by Gasteiger charge is -2.37. The Morgan fingerprint density at radius 2 is 2.04 bits per heavy atom. The Morgan fingerprint density at radius 1 is 1.21 bits per heavy atom. The van der Waals surface area contributed by atoms with Crippen molar-refractivity contribution in [1.82, 2.24) is 20.4 Å². The minimum atomic E-state index is 0.508. The number of piperazine rings is 1. The van der Waals surface area contributed by atoms with Crippen LogP contribution in [0.15, 0.2) is 23.2 Å². The van der Waals surface area contributed by atoms with Crippen LogP contribution in [0, 0.1) is 0 Å². The molecule has 7 nitrogen and oxygen atoms in total. The van der Waals surface area contributed by atoms with Gasteiger partial charge < -0.3 is 25.0 Å². The molecule has 0 amide bonds. The van der Waals surface area contributed by atoms with Gasteiger partial charge in [0, 0.05) is 45.8 Å². The molecule has 0 bridgehead atoms. The van der Waals surface area contributed by atoms with Gasteiger partial charge in [-0.3, -0.25) is 9.89 Å². The summed E-state index contributed by atoms with van der Waals surface area (Å²) in [5.74, 6) is 2.47. The number of rotatable bonds is 9. The Kier molecular flexibility index (Phi) is 9.37. The molecule has 1 heterocycles. The molecular weight excluding hydrogens is 354 g/mol. The Hall–Kier alpha value is -1.99. The first-order chi connectivity index (χ1) is 13.6. The maximum Gasteiger partial charge on any atom is 0.191 e. The Morgan fingerprint density at radius 3 is 2.75 bits per heavy atom. The molecule has 158 valence electrons. The number of methoxy groups -OCH3 is 1. The number of hydrogen-bond acceptors (Lipinski definition) is 5. The van der Waals surface area contributed by atoms with Gasteiger partial charge in [0.25, 0.3) is 0 Å². The molecule has 1 aromatic rings. The van der Waals surface area contributed by atoms with Gasteiger partial charge in [-0.15, -0.1) is 0 Å². The maximum atomic E-state index is 5.66. The molecule has 0 aliphatic carbocycles. The van der Waals surface area contributed by atoms with Gasteiger partial charge in [0.1, 0.15) is 0 Å². The van der Waals surface area contributed by atoms with E-state index in [9.17, 15) is 0 Å². The lowest BCUT2D eigenvalue weighted by molar-refractivity contribution is 0.116. The van der Waals surface area contributed by atoms with Crippen LogP contribution in [-0.2, 0) is 6.42 Å². The molecule has 1 aliphatic rings. The molecule has 1 fully saturated rings. The Bertz CT molecular complexity index is 623. The second kappa shape index (κ2) is 11.8. The van der Waals surface area contributed by atoms with Crippen molar-refractivity contribution in [2.45, 2.75) is 25.8 Å². The van der Waals surface area contributed by atoms with Gasteiger partial charge >= 0.3 is 0 Å². The summed E-state index contributed by atoms with van der Waals surface area (Å²) in [4.78, 5) is 9.15. The first-order valence-electron chi connectivity index (χ1n) is 10.2. The molecular formula is C21H37N5O2. The highest BCUT2D eigenvalue weighted by Crippen LogP contribution is 2.28. The van der Waals surface area contributed by atoms with Gasteiger partial charge in [0.2, 0.25) is 0 Å². The largest absolute Gasteiger partial charge is 0.493 e. The fourth-order valence-corrected chi connectivity index (χ4v) is 3.40. The molecule has 0 radical (unpaired) electrons. The van der Waals surface area contributed by atoms with Crippen molar-refractivity contribution >= 4 is 5.96 Å². The minimum absolute atomic E-state index is 0.508. The highest BCUT2D eigenvalue weighted by Gasteiger charge is 2.21. The van der Waals surface area contributed by atoms with E-state index in [1.165, 1.54) is 5.56 Å². The monoisotopic (exact) mass is 391 g/mol. The fourth-order valence-electron chi connectivity index (χ4n) is 3.40. The molecule has 1 aromatic carbocycles. The van der Waals surface area contributed by atoms with E-state index >= 15 is 0 Å². The summed E-state index contributed by atoms with van der Waals surface area (Å²) in [6.07, 6.45) is 1.99. The van der Waals surface area contributed by atoms with Crippen LogP contribution in [0.1, 0.15) is 18.9 Å². The van der Waals surface area contributed by atoms with Gasteiger partial charge in [-0.2, -0.15) is 0 Å². The van der Waals surface area contributed by atoms with E-state index in [1.807, 2.05) is 20.0 Å². The number of benzene rings is 1. The van der Waals surface area contributed by atoms with Crippen LogP contribution in [0.5, 0.6) is 11.5 Å². The van der Waals surface area contributed by atoms with E-state index in [4.69, 9.17) is 9.47 Å². The van der Waals surface area contributed by atoms with Crippen molar-refractivity contribution in [3.63, 3.8) is 0 Å². The van der Waals surface area contributed by atoms with Crippen molar-refractivity contribution < 1.29 is 9.47 Å². The highest BCUT2D eigenvalue weighted by molar-refractivity contribution is 5.79.